The number of sulfonamides is 1. The highest BCUT2D eigenvalue weighted by atomic mass is 35.5. The molecule has 0 aromatic heterocycles. The van der Waals surface area contributed by atoms with Crippen LogP contribution >= 0.6 is 11.6 Å². The summed E-state index contributed by atoms with van der Waals surface area (Å²) < 4.78 is 52.1. The van der Waals surface area contributed by atoms with Crippen molar-refractivity contribution in [1.82, 2.24) is 4.31 Å². The molecule has 1 aromatic rings. The lowest BCUT2D eigenvalue weighted by Gasteiger charge is -2.30. The fraction of sp³-hybridized carbons (Fsp3) is 0.500. The standard InChI is InChI=1S/C12H14ClF2NO2S/c13-8-9-3-5-16(6-4-9)19(17,18)12-2-1-10(14)7-11(12)15/h1-2,7,9H,3-6,8H2. The van der Waals surface area contributed by atoms with Gasteiger partial charge < -0.3 is 0 Å². The summed E-state index contributed by atoms with van der Waals surface area (Å²) in [6.45, 7) is 0.632. The Balaban J connectivity index is 2.23. The zero-order valence-electron chi connectivity index (χ0n) is 10.2. The Kier molecular flexibility index (Phi) is 4.43. The summed E-state index contributed by atoms with van der Waals surface area (Å²) in [6.07, 6.45) is 1.32. The Morgan fingerprint density at radius 1 is 1.26 bits per heavy atom. The van der Waals surface area contributed by atoms with E-state index in [1.165, 1.54) is 4.31 Å². The van der Waals surface area contributed by atoms with Gasteiger partial charge in [0.25, 0.3) is 0 Å². The SMILES string of the molecule is O=S(=O)(c1ccc(F)cc1F)N1CCC(CCl)CC1. The van der Waals surface area contributed by atoms with Crippen LogP contribution in [0, 0.1) is 17.6 Å². The van der Waals surface area contributed by atoms with Crippen molar-refractivity contribution in [3.8, 4) is 0 Å². The number of halogens is 3. The van der Waals surface area contributed by atoms with Crippen molar-refractivity contribution in [3.05, 3.63) is 29.8 Å². The van der Waals surface area contributed by atoms with Crippen LogP contribution in [0.2, 0.25) is 0 Å². The minimum absolute atomic E-state index is 0.297. The number of hydrogen-bond acceptors (Lipinski definition) is 2. The molecular formula is C12H14ClF2NO2S. The molecule has 1 saturated heterocycles. The number of piperidine rings is 1. The van der Waals surface area contributed by atoms with Crippen LogP contribution in [-0.2, 0) is 10.0 Å². The van der Waals surface area contributed by atoms with E-state index in [-0.39, 0.29) is 0 Å². The zero-order chi connectivity index (χ0) is 14.0. The fourth-order valence-electron chi connectivity index (χ4n) is 2.13. The molecule has 0 N–H and O–H groups in total. The molecule has 0 saturated carbocycles. The highest BCUT2D eigenvalue weighted by Crippen LogP contribution is 2.26. The van der Waals surface area contributed by atoms with E-state index in [9.17, 15) is 17.2 Å². The lowest BCUT2D eigenvalue weighted by atomic mass is 10.0. The van der Waals surface area contributed by atoms with Gasteiger partial charge in [-0.05, 0) is 30.9 Å². The van der Waals surface area contributed by atoms with E-state index in [2.05, 4.69) is 0 Å². The van der Waals surface area contributed by atoms with Crippen molar-refractivity contribution in [3.63, 3.8) is 0 Å². The summed E-state index contributed by atoms with van der Waals surface area (Å²) in [5.41, 5.74) is 0. The predicted octanol–water partition coefficient (Wildman–Crippen LogP) is 2.60. The van der Waals surface area contributed by atoms with Crippen LogP contribution in [0.4, 0.5) is 8.78 Å². The first kappa shape index (κ1) is 14.7. The Hall–Kier alpha value is -0.720. The molecule has 0 amide bonds. The van der Waals surface area contributed by atoms with E-state index in [4.69, 9.17) is 11.6 Å². The van der Waals surface area contributed by atoms with Gasteiger partial charge in [0.2, 0.25) is 10.0 Å². The van der Waals surface area contributed by atoms with Crippen molar-refractivity contribution in [2.45, 2.75) is 17.7 Å². The average molecular weight is 310 g/mol. The Morgan fingerprint density at radius 3 is 2.42 bits per heavy atom. The summed E-state index contributed by atoms with van der Waals surface area (Å²) in [6, 6.07) is 2.49. The third-order valence-corrected chi connectivity index (χ3v) is 5.67. The summed E-state index contributed by atoms with van der Waals surface area (Å²) in [7, 11) is -3.89. The first-order valence-corrected chi connectivity index (χ1v) is 7.94. The molecule has 0 aliphatic carbocycles. The molecule has 0 radical (unpaired) electrons. The highest BCUT2D eigenvalue weighted by molar-refractivity contribution is 7.89. The topological polar surface area (TPSA) is 37.4 Å². The molecule has 1 fully saturated rings. The fourth-order valence-corrected chi connectivity index (χ4v) is 3.95. The van der Waals surface area contributed by atoms with E-state index in [1.54, 1.807) is 0 Å². The molecule has 1 aliphatic heterocycles. The van der Waals surface area contributed by atoms with Crippen LogP contribution in [0.5, 0.6) is 0 Å². The Morgan fingerprint density at radius 2 is 1.89 bits per heavy atom. The van der Waals surface area contributed by atoms with Crippen molar-refractivity contribution in [1.29, 1.82) is 0 Å². The van der Waals surface area contributed by atoms with E-state index >= 15 is 0 Å². The van der Waals surface area contributed by atoms with Gasteiger partial charge in [-0.3, -0.25) is 0 Å². The number of alkyl halides is 1. The second-order valence-electron chi connectivity index (χ2n) is 4.58. The van der Waals surface area contributed by atoms with Gasteiger partial charge in [-0.2, -0.15) is 4.31 Å². The molecule has 0 bridgehead atoms. The maximum Gasteiger partial charge on any atom is 0.245 e. The lowest BCUT2D eigenvalue weighted by Crippen LogP contribution is -2.39. The summed E-state index contributed by atoms with van der Waals surface area (Å²) in [5, 5.41) is 0. The maximum absolute atomic E-state index is 13.6. The maximum atomic E-state index is 13.6. The van der Waals surface area contributed by atoms with Crippen LogP contribution in [-0.4, -0.2) is 31.7 Å². The average Bonchev–Trinajstić information content (AvgIpc) is 2.38. The predicted molar refractivity (Wildman–Crippen MR) is 68.6 cm³/mol. The van der Waals surface area contributed by atoms with Gasteiger partial charge >= 0.3 is 0 Å². The number of hydrogen-bond donors (Lipinski definition) is 0. The number of rotatable bonds is 3. The molecule has 7 heteroatoms. The van der Waals surface area contributed by atoms with Crippen LogP contribution in [0.3, 0.4) is 0 Å². The molecule has 106 valence electrons. The minimum atomic E-state index is -3.89. The minimum Gasteiger partial charge on any atom is -0.207 e. The van der Waals surface area contributed by atoms with Crippen molar-refractivity contribution in [2.24, 2.45) is 5.92 Å². The van der Waals surface area contributed by atoms with Gasteiger partial charge in [0.1, 0.15) is 16.5 Å². The summed E-state index contributed by atoms with van der Waals surface area (Å²) >= 11 is 5.73. The van der Waals surface area contributed by atoms with E-state index in [0.717, 1.165) is 12.1 Å². The molecule has 2 rings (SSSR count). The number of nitrogens with zero attached hydrogens (tertiary/aromatic N) is 1. The summed E-state index contributed by atoms with van der Waals surface area (Å²) in [5.74, 6) is -1.05. The second-order valence-corrected chi connectivity index (χ2v) is 6.79. The first-order valence-electron chi connectivity index (χ1n) is 5.96. The van der Waals surface area contributed by atoms with Gasteiger partial charge in [-0.15, -0.1) is 11.6 Å². The monoisotopic (exact) mass is 309 g/mol. The van der Waals surface area contributed by atoms with E-state index in [0.29, 0.717) is 43.8 Å². The van der Waals surface area contributed by atoms with Gasteiger partial charge in [0, 0.05) is 25.0 Å². The molecule has 0 spiro atoms. The first-order chi connectivity index (χ1) is 8.95. The van der Waals surface area contributed by atoms with Crippen LogP contribution in [0.15, 0.2) is 23.1 Å². The Labute approximate surface area is 116 Å². The molecule has 3 nitrogen and oxygen atoms in total. The van der Waals surface area contributed by atoms with Gasteiger partial charge in [0.05, 0.1) is 0 Å². The summed E-state index contributed by atoms with van der Waals surface area (Å²) in [4.78, 5) is -0.474. The second kappa shape index (κ2) is 5.73. The molecule has 1 aromatic carbocycles. The van der Waals surface area contributed by atoms with Crippen LogP contribution in [0.1, 0.15) is 12.8 Å². The highest BCUT2D eigenvalue weighted by Gasteiger charge is 2.31. The number of benzene rings is 1. The Bertz CT molecular complexity index is 557. The van der Waals surface area contributed by atoms with E-state index < -0.39 is 26.6 Å². The van der Waals surface area contributed by atoms with Gasteiger partial charge in [-0.25, -0.2) is 17.2 Å². The molecule has 0 unspecified atom stereocenters. The van der Waals surface area contributed by atoms with Crippen LogP contribution in [0.25, 0.3) is 0 Å². The quantitative estimate of drug-likeness (QED) is 0.805. The van der Waals surface area contributed by atoms with Gasteiger partial charge in [-0.1, -0.05) is 0 Å². The third-order valence-electron chi connectivity index (χ3n) is 3.30. The smallest absolute Gasteiger partial charge is 0.207 e. The van der Waals surface area contributed by atoms with Crippen molar-refractivity contribution in [2.75, 3.05) is 19.0 Å². The molecule has 1 heterocycles. The van der Waals surface area contributed by atoms with Crippen molar-refractivity contribution < 1.29 is 17.2 Å². The van der Waals surface area contributed by atoms with Gasteiger partial charge in [0.15, 0.2) is 0 Å². The molecular weight excluding hydrogens is 296 g/mol. The molecule has 0 atom stereocenters. The van der Waals surface area contributed by atoms with E-state index in [1.807, 2.05) is 0 Å². The zero-order valence-corrected chi connectivity index (χ0v) is 11.7. The third kappa shape index (κ3) is 3.07. The van der Waals surface area contributed by atoms with Crippen molar-refractivity contribution >= 4 is 21.6 Å². The normalized spacial score (nSPS) is 18.7. The molecule has 1 aliphatic rings. The van der Waals surface area contributed by atoms with Crippen LogP contribution < -0.4 is 0 Å². The lowest BCUT2D eigenvalue weighted by molar-refractivity contribution is 0.289. The molecule has 19 heavy (non-hydrogen) atoms. The largest absolute Gasteiger partial charge is 0.245 e.